The van der Waals surface area contributed by atoms with E-state index in [2.05, 4.69) is 5.32 Å². The van der Waals surface area contributed by atoms with Crippen LogP contribution in [-0.2, 0) is 0 Å². The number of amides is 1. The van der Waals surface area contributed by atoms with Crippen LogP contribution < -0.4 is 20.3 Å². The average Bonchev–Trinajstić information content (AvgIpc) is 2.68. The number of rotatable bonds is 6. The lowest BCUT2D eigenvalue weighted by molar-refractivity contribution is -0.259. The molecule has 0 bridgehead atoms. The van der Waals surface area contributed by atoms with E-state index in [1.54, 1.807) is 18.2 Å². The Hall–Kier alpha value is -4.20. The van der Waals surface area contributed by atoms with Crippen LogP contribution in [0.2, 0.25) is 0 Å². The topological polar surface area (TPSA) is 119 Å². The van der Waals surface area contributed by atoms with Crippen LogP contribution in [-0.4, -0.2) is 17.8 Å². The molecular weight excluding hydrogens is 381 g/mol. The largest absolute Gasteiger partial charge is 0.545 e. The fraction of sp³-hybridized carbons (Fsp3) is 0. The van der Waals surface area contributed by atoms with Crippen LogP contribution in [0.4, 0.5) is 10.1 Å². The van der Waals surface area contributed by atoms with Crippen molar-refractivity contribution >= 4 is 23.5 Å². The molecule has 1 amide bonds. The molecule has 0 aliphatic heterocycles. The highest BCUT2D eigenvalue weighted by Crippen LogP contribution is 2.26. The summed E-state index contributed by atoms with van der Waals surface area (Å²) >= 11 is 0. The van der Waals surface area contributed by atoms with Gasteiger partial charge in [-0.25, -0.2) is 4.39 Å². The molecule has 0 aromatic heterocycles. The normalized spacial score (nSPS) is 10.2. The number of benzene rings is 3. The van der Waals surface area contributed by atoms with Gasteiger partial charge in [-0.1, -0.05) is 6.07 Å². The third-order valence-electron chi connectivity index (χ3n) is 3.86. The standard InChI is InChI=1S/C21H14FNO6/c22-13-6-4-12(5-7-13)19(24)23-14-2-1-3-15(10-14)29-16-8-9-17(20(25)26)18(11-16)21(27)28/h1-11H,(H,23,24)(H,25,26)(H,27,28)/p-2. The first kappa shape index (κ1) is 19.6. The van der Waals surface area contributed by atoms with Crippen molar-refractivity contribution in [2.24, 2.45) is 0 Å². The van der Waals surface area contributed by atoms with Crippen molar-refractivity contribution in [3.8, 4) is 11.5 Å². The fourth-order valence-electron chi connectivity index (χ4n) is 2.51. The van der Waals surface area contributed by atoms with E-state index in [4.69, 9.17) is 4.74 Å². The number of carbonyl (C=O) groups is 3. The molecule has 0 aliphatic rings. The predicted octanol–water partition coefficient (Wildman–Crippen LogP) is 1.60. The third kappa shape index (κ3) is 4.75. The number of aromatic carboxylic acids is 2. The molecule has 0 fully saturated rings. The number of ether oxygens (including phenoxy) is 1. The first-order chi connectivity index (χ1) is 13.8. The zero-order valence-electron chi connectivity index (χ0n) is 14.7. The van der Waals surface area contributed by atoms with Gasteiger partial charge in [-0.2, -0.15) is 0 Å². The number of nitrogens with one attached hydrogen (secondary N) is 1. The van der Waals surface area contributed by atoms with Gasteiger partial charge in [0.1, 0.15) is 17.3 Å². The summed E-state index contributed by atoms with van der Waals surface area (Å²) in [4.78, 5) is 34.3. The summed E-state index contributed by atoms with van der Waals surface area (Å²) in [5, 5.41) is 24.7. The summed E-state index contributed by atoms with van der Waals surface area (Å²) in [6.45, 7) is 0. The van der Waals surface area contributed by atoms with Crippen LogP contribution in [0.3, 0.4) is 0 Å². The Morgan fingerprint density at radius 2 is 1.45 bits per heavy atom. The van der Waals surface area contributed by atoms with Gasteiger partial charge in [-0.15, -0.1) is 0 Å². The van der Waals surface area contributed by atoms with Crippen molar-refractivity contribution in [3.05, 3.63) is 89.2 Å². The molecular formula is C21H12FNO6-2. The summed E-state index contributed by atoms with van der Waals surface area (Å²) in [6.07, 6.45) is 0. The molecule has 29 heavy (non-hydrogen) atoms. The monoisotopic (exact) mass is 393 g/mol. The number of carboxylic acids is 2. The van der Waals surface area contributed by atoms with Gasteiger partial charge < -0.3 is 29.9 Å². The molecule has 0 aliphatic carbocycles. The molecule has 3 aromatic rings. The van der Waals surface area contributed by atoms with Crippen molar-refractivity contribution in [1.82, 2.24) is 0 Å². The van der Waals surface area contributed by atoms with Gasteiger partial charge in [0, 0.05) is 28.4 Å². The first-order valence-corrected chi connectivity index (χ1v) is 8.25. The SMILES string of the molecule is O=C(Nc1cccc(Oc2ccc(C(=O)[O-])c(C(=O)[O-])c2)c1)c1ccc(F)cc1. The Morgan fingerprint density at radius 1 is 0.793 bits per heavy atom. The van der Waals surface area contributed by atoms with Gasteiger partial charge >= 0.3 is 0 Å². The summed E-state index contributed by atoms with van der Waals surface area (Å²) in [5.41, 5.74) is -0.474. The molecule has 7 nitrogen and oxygen atoms in total. The van der Waals surface area contributed by atoms with Crippen LogP contribution in [0, 0.1) is 5.82 Å². The average molecular weight is 393 g/mol. The van der Waals surface area contributed by atoms with Crippen molar-refractivity contribution in [3.63, 3.8) is 0 Å². The van der Waals surface area contributed by atoms with Crippen LogP contribution in [0.25, 0.3) is 0 Å². The molecule has 0 atom stereocenters. The lowest BCUT2D eigenvalue weighted by Crippen LogP contribution is -2.30. The third-order valence-corrected chi connectivity index (χ3v) is 3.86. The van der Waals surface area contributed by atoms with Crippen molar-refractivity contribution in [2.75, 3.05) is 5.32 Å². The molecule has 146 valence electrons. The molecule has 0 unspecified atom stereocenters. The van der Waals surface area contributed by atoms with Gasteiger partial charge in [-0.05, 0) is 54.6 Å². The van der Waals surface area contributed by atoms with E-state index in [0.717, 1.165) is 12.1 Å². The summed E-state index contributed by atoms with van der Waals surface area (Å²) < 4.78 is 18.5. The highest BCUT2D eigenvalue weighted by molar-refractivity contribution is 6.04. The van der Waals surface area contributed by atoms with Crippen LogP contribution >= 0.6 is 0 Å². The summed E-state index contributed by atoms with van der Waals surface area (Å²) in [6, 6.07) is 14.5. The van der Waals surface area contributed by atoms with Gasteiger partial charge in [0.05, 0.1) is 11.9 Å². The van der Waals surface area contributed by atoms with Crippen LogP contribution in [0.1, 0.15) is 31.1 Å². The Balaban J connectivity index is 1.78. The predicted molar refractivity (Wildman–Crippen MR) is 96.0 cm³/mol. The fourth-order valence-corrected chi connectivity index (χ4v) is 2.51. The maximum atomic E-state index is 13.0. The van der Waals surface area contributed by atoms with Crippen LogP contribution in [0.5, 0.6) is 11.5 Å². The van der Waals surface area contributed by atoms with E-state index in [9.17, 15) is 29.0 Å². The number of carboxylic acid groups (broad SMARTS) is 2. The summed E-state index contributed by atoms with van der Waals surface area (Å²) in [5.74, 6) is -3.95. The smallest absolute Gasteiger partial charge is 0.255 e. The summed E-state index contributed by atoms with van der Waals surface area (Å²) in [7, 11) is 0. The first-order valence-electron chi connectivity index (χ1n) is 8.25. The minimum Gasteiger partial charge on any atom is -0.545 e. The zero-order valence-corrected chi connectivity index (χ0v) is 14.7. The number of carbonyl (C=O) groups excluding carboxylic acids is 3. The molecule has 8 heteroatoms. The maximum absolute atomic E-state index is 13.0. The molecule has 0 saturated heterocycles. The second-order valence-electron chi connectivity index (χ2n) is 5.87. The molecule has 3 rings (SSSR count). The number of halogens is 1. The second kappa shape index (κ2) is 8.22. The van der Waals surface area contributed by atoms with Crippen molar-refractivity contribution in [1.29, 1.82) is 0 Å². The minimum absolute atomic E-state index is 0.0520. The molecule has 0 heterocycles. The van der Waals surface area contributed by atoms with Gasteiger partial charge in [0.25, 0.3) is 5.91 Å². The number of hydrogen-bond donors (Lipinski definition) is 1. The maximum Gasteiger partial charge on any atom is 0.255 e. The van der Waals surface area contributed by atoms with Gasteiger partial charge in [0.2, 0.25) is 0 Å². The lowest BCUT2D eigenvalue weighted by atomic mass is 10.1. The Kier molecular flexibility index (Phi) is 5.54. The number of anilines is 1. The Morgan fingerprint density at radius 3 is 2.10 bits per heavy atom. The zero-order chi connectivity index (χ0) is 21.0. The van der Waals surface area contributed by atoms with Crippen LogP contribution in [0.15, 0.2) is 66.7 Å². The lowest BCUT2D eigenvalue weighted by Gasteiger charge is -2.14. The van der Waals surface area contributed by atoms with E-state index in [0.29, 0.717) is 5.69 Å². The van der Waals surface area contributed by atoms with Gasteiger partial charge in [0.15, 0.2) is 0 Å². The molecule has 0 radical (unpaired) electrons. The minimum atomic E-state index is -1.69. The Bertz CT molecular complexity index is 1090. The molecule has 3 aromatic carbocycles. The van der Waals surface area contributed by atoms with E-state index >= 15 is 0 Å². The number of hydrogen-bond acceptors (Lipinski definition) is 6. The molecule has 0 spiro atoms. The quantitative estimate of drug-likeness (QED) is 0.679. The van der Waals surface area contributed by atoms with Crippen molar-refractivity contribution < 1.29 is 33.7 Å². The van der Waals surface area contributed by atoms with Gasteiger partial charge in [-0.3, -0.25) is 4.79 Å². The second-order valence-corrected chi connectivity index (χ2v) is 5.87. The van der Waals surface area contributed by atoms with E-state index < -0.39 is 34.8 Å². The highest BCUT2D eigenvalue weighted by Gasteiger charge is 2.09. The molecule has 1 N–H and O–H groups in total. The van der Waals surface area contributed by atoms with E-state index in [1.807, 2.05) is 0 Å². The van der Waals surface area contributed by atoms with E-state index in [1.165, 1.54) is 36.4 Å². The van der Waals surface area contributed by atoms with Crippen molar-refractivity contribution in [2.45, 2.75) is 0 Å². The highest BCUT2D eigenvalue weighted by atomic mass is 19.1. The molecule has 0 saturated carbocycles. The Labute approximate surface area is 164 Å². The van der Waals surface area contributed by atoms with E-state index in [-0.39, 0.29) is 17.1 Å².